The quantitative estimate of drug-likeness (QED) is 0.417. The normalized spacial score (nSPS) is 19.2. The molecule has 0 aliphatic heterocycles. The van der Waals surface area contributed by atoms with Gasteiger partial charge in [-0.3, -0.25) is 14.7 Å². The first-order valence-electron chi connectivity index (χ1n) is 9.48. The Morgan fingerprint density at radius 3 is 2.57 bits per heavy atom. The molecule has 3 rings (SSSR count). The highest BCUT2D eigenvalue weighted by Crippen LogP contribution is 2.39. The van der Waals surface area contributed by atoms with Crippen LogP contribution in [0.15, 0.2) is 24.5 Å². The third-order valence-corrected chi connectivity index (χ3v) is 5.62. The zero-order valence-electron chi connectivity index (χ0n) is 16.4. The van der Waals surface area contributed by atoms with Gasteiger partial charge in [-0.2, -0.15) is 0 Å². The molecule has 1 heterocycles. The average Bonchev–Trinajstić information content (AvgIpc) is 3.21. The Bertz CT molecular complexity index is 869. The molecule has 1 aliphatic carbocycles. The lowest BCUT2D eigenvalue weighted by atomic mass is 9.80. The van der Waals surface area contributed by atoms with Crippen LogP contribution < -0.4 is 4.74 Å². The molecule has 0 N–H and O–H groups in total. The second kappa shape index (κ2) is 8.41. The zero-order chi connectivity index (χ0) is 20.3. The molecule has 8 heteroatoms. The van der Waals surface area contributed by atoms with Crippen molar-refractivity contribution < 1.29 is 19.2 Å². The van der Waals surface area contributed by atoms with Gasteiger partial charge < -0.3 is 9.47 Å². The molecule has 0 amide bonds. The molecule has 0 saturated heterocycles. The minimum absolute atomic E-state index is 0.0190. The summed E-state index contributed by atoms with van der Waals surface area (Å²) < 4.78 is 11.8. The van der Waals surface area contributed by atoms with Gasteiger partial charge >= 0.3 is 5.97 Å². The number of ether oxygens (including phenoxy) is 2. The molecule has 1 fully saturated rings. The Labute approximate surface area is 163 Å². The number of imidazole rings is 1. The van der Waals surface area contributed by atoms with Crippen molar-refractivity contribution in [1.29, 1.82) is 0 Å². The van der Waals surface area contributed by atoms with Gasteiger partial charge in [0.05, 0.1) is 19.1 Å². The third kappa shape index (κ3) is 3.72. The Morgan fingerprint density at radius 2 is 2.00 bits per heavy atom. The van der Waals surface area contributed by atoms with Crippen molar-refractivity contribution in [3.63, 3.8) is 0 Å². The Balaban J connectivity index is 2.06. The van der Waals surface area contributed by atoms with Crippen LogP contribution in [0.2, 0.25) is 0 Å². The summed E-state index contributed by atoms with van der Waals surface area (Å²) in [5.74, 6) is 1.35. The maximum atomic E-state index is 12.0. The molecule has 0 unspecified atom stereocenters. The van der Waals surface area contributed by atoms with E-state index in [2.05, 4.69) is 11.9 Å². The van der Waals surface area contributed by atoms with E-state index in [0.29, 0.717) is 5.69 Å². The standard InChI is InChI=1S/C20H25N3O5/c1-4-13-5-7-14(8-6-13)19-21-9-10-22(19)16-12-18(27-2)15(20(24)28-3)11-17(16)23(25)26/h9-14H,4-8H2,1-3H3. The number of carbonyl (C=O) groups excluding carboxylic acids is 1. The second-order valence-corrected chi connectivity index (χ2v) is 7.07. The second-order valence-electron chi connectivity index (χ2n) is 7.07. The summed E-state index contributed by atoms with van der Waals surface area (Å²) in [6.45, 7) is 2.21. The van der Waals surface area contributed by atoms with Gasteiger partial charge in [-0.15, -0.1) is 0 Å². The van der Waals surface area contributed by atoms with Gasteiger partial charge in [-0.25, -0.2) is 9.78 Å². The molecule has 150 valence electrons. The van der Waals surface area contributed by atoms with Crippen molar-refractivity contribution in [2.24, 2.45) is 5.92 Å². The van der Waals surface area contributed by atoms with Gasteiger partial charge in [0, 0.05) is 30.4 Å². The van der Waals surface area contributed by atoms with Crippen molar-refractivity contribution in [2.75, 3.05) is 14.2 Å². The molecule has 1 aliphatic rings. The Hall–Kier alpha value is -2.90. The topological polar surface area (TPSA) is 96.5 Å². The number of esters is 1. The molecular weight excluding hydrogens is 362 g/mol. The van der Waals surface area contributed by atoms with E-state index in [1.54, 1.807) is 17.0 Å². The van der Waals surface area contributed by atoms with Crippen LogP contribution in [0.3, 0.4) is 0 Å². The number of carbonyl (C=O) groups is 1. The summed E-state index contributed by atoms with van der Waals surface area (Å²) in [5, 5.41) is 11.7. The van der Waals surface area contributed by atoms with Crippen LogP contribution >= 0.6 is 0 Å². The van der Waals surface area contributed by atoms with E-state index < -0.39 is 10.9 Å². The van der Waals surface area contributed by atoms with E-state index in [-0.39, 0.29) is 22.9 Å². The number of methoxy groups -OCH3 is 2. The summed E-state index contributed by atoms with van der Waals surface area (Å²) in [7, 11) is 2.64. The first kappa shape index (κ1) is 19.9. The molecule has 28 heavy (non-hydrogen) atoms. The van der Waals surface area contributed by atoms with Gasteiger partial charge in [0.2, 0.25) is 0 Å². The van der Waals surface area contributed by atoms with Crippen molar-refractivity contribution in [2.45, 2.75) is 44.9 Å². The molecule has 1 saturated carbocycles. The van der Waals surface area contributed by atoms with Crippen LogP contribution in [0.1, 0.15) is 61.1 Å². The fourth-order valence-corrected chi connectivity index (χ4v) is 3.98. The van der Waals surface area contributed by atoms with E-state index in [1.165, 1.54) is 32.8 Å². The predicted molar refractivity (Wildman–Crippen MR) is 103 cm³/mol. The lowest BCUT2D eigenvalue weighted by Gasteiger charge is -2.27. The summed E-state index contributed by atoms with van der Waals surface area (Å²) in [6, 6.07) is 2.71. The van der Waals surface area contributed by atoms with Crippen molar-refractivity contribution in [3.8, 4) is 11.4 Å². The number of aromatic nitrogens is 2. The van der Waals surface area contributed by atoms with Crippen LogP contribution in [-0.4, -0.2) is 34.7 Å². The van der Waals surface area contributed by atoms with E-state index in [1.807, 2.05) is 0 Å². The monoisotopic (exact) mass is 387 g/mol. The summed E-state index contributed by atoms with van der Waals surface area (Å²) in [5.41, 5.74) is 0.160. The maximum absolute atomic E-state index is 12.0. The van der Waals surface area contributed by atoms with E-state index >= 15 is 0 Å². The number of nitrogens with zero attached hydrogens (tertiary/aromatic N) is 3. The highest BCUT2D eigenvalue weighted by Gasteiger charge is 2.29. The number of hydrogen-bond acceptors (Lipinski definition) is 6. The molecule has 2 aromatic rings. The van der Waals surface area contributed by atoms with Gasteiger partial charge in [-0.1, -0.05) is 13.3 Å². The fourth-order valence-electron chi connectivity index (χ4n) is 3.98. The van der Waals surface area contributed by atoms with Crippen molar-refractivity contribution >= 4 is 11.7 Å². The number of nitro groups is 1. The van der Waals surface area contributed by atoms with Crippen LogP contribution in [-0.2, 0) is 4.74 Å². The van der Waals surface area contributed by atoms with Gasteiger partial charge in [-0.05, 0) is 31.6 Å². The highest BCUT2D eigenvalue weighted by atomic mass is 16.6. The van der Waals surface area contributed by atoms with Crippen LogP contribution in [0, 0.1) is 16.0 Å². The molecule has 1 aromatic heterocycles. The van der Waals surface area contributed by atoms with Crippen molar-refractivity contribution in [1.82, 2.24) is 9.55 Å². The fraction of sp³-hybridized carbons (Fsp3) is 0.500. The SMILES string of the molecule is CCC1CCC(c2nccn2-c2cc(OC)c(C(=O)OC)cc2[N+](=O)[O-])CC1. The minimum Gasteiger partial charge on any atom is -0.496 e. The largest absolute Gasteiger partial charge is 0.496 e. The zero-order valence-corrected chi connectivity index (χ0v) is 16.4. The molecule has 1 aromatic carbocycles. The van der Waals surface area contributed by atoms with Gasteiger partial charge in [0.25, 0.3) is 5.69 Å². The van der Waals surface area contributed by atoms with Crippen LogP contribution in [0.4, 0.5) is 5.69 Å². The molecule has 0 atom stereocenters. The predicted octanol–water partition coefficient (Wildman–Crippen LogP) is 4.26. The Kier molecular flexibility index (Phi) is 5.96. The maximum Gasteiger partial charge on any atom is 0.341 e. The van der Waals surface area contributed by atoms with E-state index in [0.717, 1.165) is 37.4 Å². The van der Waals surface area contributed by atoms with Crippen molar-refractivity contribution in [3.05, 3.63) is 46.0 Å². The highest BCUT2D eigenvalue weighted by molar-refractivity contribution is 5.94. The van der Waals surface area contributed by atoms with E-state index in [4.69, 9.17) is 9.47 Å². The molecule has 8 nitrogen and oxygen atoms in total. The number of hydrogen-bond donors (Lipinski definition) is 0. The first-order valence-corrected chi connectivity index (χ1v) is 9.48. The van der Waals surface area contributed by atoms with Gasteiger partial charge in [0.1, 0.15) is 22.8 Å². The number of nitro benzene ring substituents is 1. The number of rotatable bonds is 6. The number of benzene rings is 1. The first-order chi connectivity index (χ1) is 13.5. The Morgan fingerprint density at radius 1 is 1.29 bits per heavy atom. The molecule has 0 radical (unpaired) electrons. The lowest BCUT2D eigenvalue weighted by molar-refractivity contribution is -0.384. The smallest absolute Gasteiger partial charge is 0.341 e. The third-order valence-electron chi connectivity index (χ3n) is 5.62. The lowest BCUT2D eigenvalue weighted by Crippen LogP contribution is -2.17. The summed E-state index contributed by atoms with van der Waals surface area (Å²) in [4.78, 5) is 27.7. The summed E-state index contributed by atoms with van der Waals surface area (Å²) >= 11 is 0. The molecule has 0 spiro atoms. The van der Waals surface area contributed by atoms with Crippen LogP contribution in [0.25, 0.3) is 5.69 Å². The molecular formula is C20H25N3O5. The van der Waals surface area contributed by atoms with Crippen LogP contribution in [0.5, 0.6) is 5.75 Å². The molecule has 0 bridgehead atoms. The van der Waals surface area contributed by atoms with E-state index in [9.17, 15) is 14.9 Å². The van der Waals surface area contributed by atoms with Gasteiger partial charge in [0.15, 0.2) is 0 Å². The average molecular weight is 387 g/mol. The minimum atomic E-state index is -0.685. The summed E-state index contributed by atoms with van der Waals surface area (Å²) in [6.07, 6.45) is 8.87.